The molecule has 0 amide bonds. The summed E-state index contributed by atoms with van der Waals surface area (Å²) in [5, 5.41) is 8.94. The van der Waals surface area contributed by atoms with E-state index in [-0.39, 0.29) is 0 Å². The van der Waals surface area contributed by atoms with Crippen LogP contribution in [-0.4, -0.2) is 0 Å². The van der Waals surface area contributed by atoms with Crippen LogP contribution in [0, 0.1) is 0 Å². The lowest BCUT2D eigenvalue weighted by Gasteiger charge is -2.25. The van der Waals surface area contributed by atoms with Gasteiger partial charge >= 0.3 is 0 Å². The maximum absolute atomic E-state index is 6.99. The summed E-state index contributed by atoms with van der Waals surface area (Å²) in [6.45, 7) is 0. The molecule has 262 valence electrons. The second kappa shape index (κ2) is 12.0. The third kappa shape index (κ3) is 4.73. The molecule has 3 aromatic heterocycles. The molecule has 56 heavy (non-hydrogen) atoms. The van der Waals surface area contributed by atoms with Gasteiger partial charge < -0.3 is 18.2 Å². The maximum atomic E-state index is 6.99. The molecule has 0 N–H and O–H groups in total. The van der Waals surface area contributed by atoms with Gasteiger partial charge in [0.05, 0.1) is 5.69 Å². The molecule has 0 atom stereocenters. The number of benzene rings is 9. The Morgan fingerprint density at radius 2 is 0.929 bits per heavy atom. The van der Waals surface area contributed by atoms with E-state index in [1.165, 1.54) is 10.8 Å². The molecule has 0 aliphatic rings. The molecule has 4 heteroatoms. The lowest BCUT2D eigenvalue weighted by Crippen LogP contribution is -2.10. The van der Waals surface area contributed by atoms with Crippen LogP contribution in [0.25, 0.3) is 98.8 Å². The number of rotatable bonds is 5. The van der Waals surface area contributed by atoms with Gasteiger partial charge in [-0.25, -0.2) is 0 Å². The second-order valence-corrected chi connectivity index (χ2v) is 14.5. The van der Waals surface area contributed by atoms with E-state index in [9.17, 15) is 0 Å². The van der Waals surface area contributed by atoms with Crippen molar-refractivity contribution >= 4 is 93.7 Å². The molecule has 4 nitrogen and oxygen atoms in total. The predicted molar refractivity (Wildman–Crippen MR) is 231 cm³/mol. The van der Waals surface area contributed by atoms with Gasteiger partial charge in [0.1, 0.15) is 27.9 Å². The van der Waals surface area contributed by atoms with Crippen LogP contribution in [0.3, 0.4) is 0 Å². The van der Waals surface area contributed by atoms with Crippen molar-refractivity contribution in [2.45, 2.75) is 0 Å². The minimum Gasteiger partial charge on any atom is -0.456 e. The van der Waals surface area contributed by atoms with Crippen molar-refractivity contribution in [3.05, 3.63) is 188 Å². The first-order chi connectivity index (χ1) is 27.7. The van der Waals surface area contributed by atoms with Crippen LogP contribution in [0.4, 0.5) is 17.1 Å². The Labute approximate surface area is 321 Å². The summed E-state index contributed by atoms with van der Waals surface area (Å²) in [5.74, 6) is 0. The molecular formula is C52H31NO3. The standard InChI is InChI=1S/C52H31NO3/c1-2-12-37(13-3-1)53(38-24-20-32-10-4-5-11-33(32)28-38)46-18-9-17-43-42-16-8-15-39(51(42)56-52(43)46)36-21-25-41-45-30-35(23-27-49(45)55-50(41)31-36)34-22-26-48-44(29-34)40-14-6-7-19-47(40)54-48/h1-31H. The van der Waals surface area contributed by atoms with Crippen molar-refractivity contribution in [3.63, 3.8) is 0 Å². The van der Waals surface area contributed by atoms with Crippen LogP contribution in [0.2, 0.25) is 0 Å². The average molecular weight is 718 g/mol. The molecule has 0 unspecified atom stereocenters. The van der Waals surface area contributed by atoms with Gasteiger partial charge in [0.15, 0.2) is 5.58 Å². The van der Waals surface area contributed by atoms with Gasteiger partial charge in [0.25, 0.3) is 0 Å². The number of para-hydroxylation sites is 4. The molecule has 0 saturated carbocycles. The van der Waals surface area contributed by atoms with E-state index in [4.69, 9.17) is 13.3 Å². The topological polar surface area (TPSA) is 42.7 Å². The first kappa shape index (κ1) is 30.9. The zero-order valence-electron chi connectivity index (χ0n) is 30.1. The van der Waals surface area contributed by atoms with Crippen LogP contribution < -0.4 is 4.90 Å². The Kier molecular flexibility index (Phi) is 6.60. The third-order valence-electron chi connectivity index (χ3n) is 11.2. The highest BCUT2D eigenvalue weighted by Gasteiger charge is 2.21. The van der Waals surface area contributed by atoms with Crippen molar-refractivity contribution in [1.82, 2.24) is 0 Å². The molecule has 3 heterocycles. The first-order valence-corrected chi connectivity index (χ1v) is 18.9. The van der Waals surface area contributed by atoms with Crippen LogP contribution in [0.15, 0.2) is 201 Å². The zero-order chi connectivity index (χ0) is 36.7. The van der Waals surface area contributed by atoms with Gasteiger partial charge in [0, 0.05) is 49.3 Å². The fourth-order valence-corrected chi connectivity index (χ4v) is 8.56. The molecule has 0 aliphatic heterocycles. The molecule has 0 bridgehead atoms. The van der Waals surface area contributed by atoms with Crippen LogP contribution >= 0.6 is 0 Å². The van der Waals surface area contributed by atoms with Gasteiger partial charge in [-0.1, -0.05) is 115 Å². The molecule has 12 rings (SSSR count). The van der Waals surface area contributed by atoms with Crippen molar-refractivity contribution in [2.75, 3.05) is 4.90 Å². The van der Waals surface area contributed by atoms with E-state index in [1.54, 1.807) is 0 Å². The number of fused-ring (bicyclic) bond motifs is 10. The van der Waals surface area contributed by atoms with Gasteiger partial charge in [-0.3, -0.25) is 0 Å². The zero-order valence-corrected chi connectivity index (χ0v) is 30.1. The van der Waals surface area contributed by atoms with Crippen LogP contribution in [-0.2, 0) is 0 Å². The summed E-state index contributed by atoms with van der Waals surface area (Å²) in [7, 11) is 0. The van der Waals surface area contributed by atoms with Crippen molar-refractivity contribution in [3.8, 4) is 22.3 Å². The Bertz CT molecular complexity index is 3500. The number of furan rings is 3. The lowest BCUT2D eigenvalue weighted by molar-refractivity contribution is 0.668. The van der Waals surface area contributed by atoms with E-state index < -0.39 is 0 Å². The summed E-state index contributed by atoms with van der Waals surface area (Å²) in [6, 6.07) is 66.0. The van der Waals surface area contributed by atoms with Crippen molar-refractivity contribution in [1.29, 1.82) is 0 Å². The second-order valence-electron chi connectivity index (χ2n) is 14.5. The molecule has 0 fully saturated rings. The minimum atomic E-state index is 0.839. The number of anilines is 3. The number of hydrogen-bond donors (Lipinski definition) is 0. The normalized spacial score (nSPS) is 11.9. The minimum absolute atomic E-state index is 0.839. The smallest absolute Gasteiger partial charge is 0.159 e. The maximum Gasteiger partial charge on any atom is 0.159 e. The molecule has 0 radical (unpaired) electrons. The van der Waals surface area contributed by atoms with Crippen molar-refractivity contribution < 1.29 is 13.3 Å². The number of hydrogen-bond acceptors (Lipinski definition) is 4. The Hall–Kier alpha value is -7.56. The number of nitrogens with zero attached hydrogens (tertiary/aromatic N) is 1. The summed E-state index contributed by atoms with van der Waals surface area (Å²) in [6.07, 6.45) is 0. The van der Waals surface area contributed by atoms with Gasteiger partial charge in [-0.15, -0.1) is 0 Å². The Morgan fingerprint density at radius 3 is 1.75 bits per heavy atom. The Balaban J connectivity index is 0.976. The van der Waals surface area contributed by atoms with E-state index in [2.05, 4.69) is 181 Å². The van der Waals surface area contributed by atoms with E-state index in [1.807, 2.05) is 12.1 Å². The summed E-state index contributed by atoms with van der Waals surface area (Å²) < 4.78 is 19.6. The summed E-state index contributed by atoms with van der Waals surface area (Å²) in [5.41, 5.74) is 12.6. The monoisotopic (exact) mass is 717 g/mol. The fourth-order valence-electron chi connectivity index (χ4n) is 8.56. The molecule has 0 aliphatic carbocycles. The quantitative estimate of drug-likeness (QED) is 0.178. The highest BCUT2D eigenvalue weighted by Crippen LogP contribution is 2.45. The lowest BCUT2D eigenvalue weighted by atomic mass is 9.99. The SMILES string of the molecule is c1ccc(N(c2ccc3ccccc3c2)c2cccc3c2oc2c(-c4ccc5c(c4)oc4ccc(-c6ccc7oc8ccccc8c7c6)cc45)cccc23)cc1. The highest BCUT2D eigenvalue weighted by molar-refractivity contribution is 6.15. The van der Waals surface area contributed by atoms with Crippen LogP contribution in [0.5, 0.6) is 0 Å². The molecule has 12 aromatic rings. The highest BCUT2D eigenvalue weighted by atomic mass is 16.3. The molecular weight excluding hydrogens is 687 g/mol. The van der Waals surface area contributed by atoms with Crippen molar-refractivity contribution in [2.24, 2.45) is 0 Å². The average Bonchev–Trinajstić information content (AvgIpc) is 3.95. The molecule has 0 spiro atoms. The van der Waals surface area contributed by atoms with Crippen LogP contribution in [0.1, 0.15) is 0 Å². The van der Waals surface area contributed by atoms with Gasteiger partial charge in [0.2, 0.25) is 0 Å². The van der Waals surface area contributed by atoms with Gasteiger partial charge in [-0.2, -0.15) is 0 Å². The fraction of sp³-hybridized carbons (Fsp3) is 0. The predicted octanol–water partition coefficient (Wildman–Crippen LogP) is 15.3. The summed E-state index contributed by atoms with van der Waals surface area (Å²) >= 11 is 0. The molecule has 0 saturated heterocycles. The largest absolute Gasteiger partial charge is 0.456 e. The molecule has 9 aromatic carbocycles. The van der Waals surface area contributed by atoms with E-state index in [0.29, 0.717) is 0 Å². The van der Waals surface area contributed by atoms with E-state index in [0.717, 1.165) is 105 Å². The van der Waals surface area contributed by atoms with Gasteiger partial charge in [-0.05, 0) is 100 Å². The third-order valence-corrected chi connectivity index (χ3v) is 11.2. The first-order valence-electron chi connectivity index (χ1n) is 18.9. The Morgan fingerprint density at radius 1 is 0.304 bits per heavy atom. The van der Waals surface area contributed by atoms with E-state index >= 15 is 0 Å². The summed E-state index contributed by atoms with van der Waals surface area (Å²) in [4.78, 5) is 2.29.